The summed E-state index contributed by atoms with van der Waals surface area (Å²) < 4.78 is 18.0. The molecule has 26 heavy (non-hydrogen) atoms. The van der Waals surface area contributed by atoms with Crippen molar-refractivity contribution in [2.24, 2.45) is 7.05 Å². The number of furan rings is 1. The highest BCUT2D eigenvalue weighted by atomic mass is 32.2. The fraction of sp³-hybridized carbons (Fsp3) is 0.167. The number of aromatic nitrogens is 4. The van der Waals surface area contributed by atoms with Crippen molar-refractivity contribution in [3.63, 3.8) is 0 Å². The van der Waals surface area contributed by atoms with Crippen LogP contribution >= 0.6 is 11.8 Å². The summed E-state index contributed by atoms with van der Waals surface area (Å²) in [7, 11) is 3.58. The van der Waals surface area contributed by atoms with Gasteiger partial charge in [-0.2, -0.15) is 0 Å². The highest BCUT2D eigenvalue weighted by Crippen LogP contribution is 2.31. The second kappa shape index (κ2) is 7.09. The van der Waals surface area contributed by atoms with E-state index < -0.39 is 0 Å². The van der Waals surface area contributed by atoms with Gasteiger partial charge < -0.3 is 18.2 Å². The van der Waals surface area contributed by atoms with Crippen molar-refractivity contribution in [2.45, 2.75) is 10.9 Å². The number of hydrogen-bond donors (Lipinski definition) is 0. The van der Waals surface area contributed by atoms with Crippen LogP contribution in [0.5, 0.6) is 5.75 Å². The third-order valence-corrected chi connectivity index (χ3v) is 4.91. The van der Waals surface area contributed by atoms with E-state index in [1.54, 1.807) is 13.4 Å². The summed E-state index contributed by atoms with van der Waals surface area (Å²) in [5.74, 6) is 3.40. The molecule has 0 spiro atoms. The van der Waals surface area contributed by atoms with E-state index in [0.29, 0.717) is 17.3 Å². The Kier molecular flexibility index (Phi) is 4.49. The summed E-state index contributed by atoms with van der Waals surface area (Å²) in [6, 6.07) is 13.3. The molecular weight excluding hydrogens is 352 g/mol. The Morgan fingerprint density at radius 3 is 2.81 bits per heavy atom. The molecule has 0 saturated heterocycles. The number of thioether (sulfide) groups is 1. The minimum Gasteiger partial charge on any atom is -0.496 e. The van der Waals surface area contributed by atoms with E-state index in [4.69, 9.17) is 13.7 Å². The molecule has 3 aromatic heterocycles. The number of benzene rings is 1. The van der Waals surface area contributed by atoms with Crippen molar-refractivity contribution in [3.05, 3.63) is 54.4 Å². The Hall–Kier alpha value is -3.00. The molecule has 0 aliphatic rings. The van der Waals surface area contributed by atoms with Crippen molar-refractivity contribution < 1.29 is 13.7 Å². The predicted octanol–water partition coefficient (Wildman–Crippen LogP) is 4.03. The molecule has 3 heterocycles. The fourth-order valence-electron chi connectivity index (χ4n) is 2.56. The number of para-hydroxylation sites is 1. The molecule has 0 unspecified atom stereocenters. The normalized spacial score (nSPS) is 11.0. The second-order valence-corrected chi connectivity index (χ2v) is 6.46. The summed E-state index contributed by atoms with van der Waals surface area (Å²) >= 11 is 1.54. The van der Waals surface area contributed by atoms with Gasteiger partial charge in [0.05, 0.1) is 24.6 Å². The van der Waals surface area contributed by atoms with E-state index >= 15 is 0 Å². The van der Waals surface area contributed by atoms with Gasteiger partial charge in [0.25, 0.3) is 0 Å². The summed E-state index contributed by atoms with van der Waals surface area (Å²) in [5.41, 5.74) is 1.71. The van der Waals surface area contributed by atoms with Gasteiger partial charge in [-0.3, -0.25) is 0 Å². The van der Waals surface area contributed by atoms with Crippen LogP contribution in [-0.2, 0) is 12.8 Å². The zero-order valence-electron chi connectivity index (χ0n) is 14.2. The standard InChI is InChI=1S/C18H16N4O3S/c1-22-17(13-6-3-4-7-14(13)23-2)19-20-18(22)26-11-12-10-16(25-21-12)15-8-5-9-24-15/h3-10H,11H2,1-2H3. The molecule has 0 atom stereocenters. The van der Waals surface area contributed by atoms with Crippen molar-refractivity contribution in [1.82, 2.24) is 19.9 Å². The van der Waals surface area contributed by atoms with Crippen LogP contribution in [0.3, 0.4) is 0 Å². The first kappa shape index (κ1) is 16.5. The van der Waals surface area contributed by atoms with E-state index in [9.17, 15) is 0 Å². The summed E-state index contributed by atoms with van der Waals surface area (Å²) in [5, 5.41) is 13.5. The Balaban J connectivity index is 1.51. The third kappa shape index (κ3) is 3.11. The quantitative estimate of drug-likeness (QED) is 0.475. The molecule has 4 rings (SSSR count). The molecule has 0 fully saturated rings. The van der Waals surface area contributed by atoms with Gasteiger partial charge in [0.1, 0.15) is 5.75 Å². The average Bonchev–Trinajstić information content (AvgIpc) is 3.41. The number of rotatable bonds is 6. The molecule has 132 valence electrons. The molecule has 8 heteroatoms. The van der Waals surface area contributed by atoms with Gasteiger partial charge in [0.15, 0.2) is 16.7 Å². The maximum absolute atomic E-state index is 5.41. The first-order valence-corrected chi connectivity index (χ1v) is 8.90. The minimum absolute atomic E-state index is 0.610. The maximum atomic E-state index is 5.41. The van der Waals surface area contributed by atoms with Crippen molar-refractivity contribution in [2.75, 3.05) is 7.11 Å². The molecule has 0 bridgehead atoms. The monoisotopic (exact) mass is 368 g/mol. The molecule has 0 radical (unpaired) electrons. The Morgan fingerprint density at radius 1 is 1.12 bits per heavy atom. The second-order valence-electron chi connectivity index (χ2n) is 5.51. The minimum atomic E-state index is 0.610. The lowest BCUT2D eigenvalue weighted by Crippen LogP contribution is -1.97. The number of nitrogens with zero attached hydrogens (tertiary/aromatic N) is 4. The van der Waals surface area contributed by atoms with Crippen molar-refractivity contribution in [1.29, 1.82) is 0 Å². The SMILES string of the molecule is COc1ccccc1-c1nnc(SCc2cc(-c3ccco3)on2)n1C. The highest BCUT2D eigenvalue weighted by molar-refractivity contribution is 7.98. The number of ether oxygens (including phenoxy) is 1. The smallest absolute Gasteiger partial charge is 0.202 e. The zero-order chi connectivity index (χ0) is 17.9. The van der Waals surface area contributed by atoms with Gasteiger partial charge in [-0.05, 0) is 24.3 Å². The van der Waals surface area contributed by atoms with Crippen molar-refractivity contribution >= 4 is 11.8 Å². The Labute approximate surface area is 154 Å². The Bertz CT molecular complexity index is 1010. The lowest BCUT2D eigenvalue weighted by molar-refractivity contribution is 0.413. The topological polar surface area (TPSA) is 79.1 Å². The van der Waals surface area contributed by atoms with Crippen LogP contribution < -0.4 is 4.74 Å². The van der Waals surface area contributed by atoms with Crippen LogP contribution in [0.15, 0.2) is 62.8 Å². The van der Waals surface area contributed by atoms with Crippen LogP contribution in [0.2, 0.25) is 0 Å². The van der Waals surface area contributed by atoms with Crippen LogP contribution in [0.25, 0.3) is 22.9 Å². The largest absolute Gasteiger partial charge is 0.496 e. The van der Waals surface area contributed by atoms with E-state index in [1.165, 1.54) is 11.8 Å². The molecule has 1 aromatic carbocycles. The van der Waals surface area contributed by atoms with Crippen molar-refractivity contribution in [3.8, 4) is 28.7 Å². The van der Waals surface area contributed by atoms with Crippen LogP contribution in [0.4, 0.5) is 0 Å². The molecule has 0 saturated carbocycles. The number of methoxy groups -OCH3 is 1. The summed E-state index contributed by atoms with van der Waals surface area (Å²) in [6.45, 7) is 0. The highest BCUT2D eigenvalue weighted by Gasteiger charge is 2.16. The lowest BCUT2D eigenvalue weighted by atomic mass is 10.2. The predicted molar refractivity (Wildman–Crippen MR) is 96.8 cm³/mol. The van der Waals surface area contributed by atoms with E-state index in [1.807, 2.05) is 54.1 Å². The van der Waals surface area contributed by atoms with Gasteiger partial charge in [-0.25, -0.2) is 0 Å². The first-order chi connectivity index (χ1) is 12.8. The van der Waals surface area contributed by atoms with Crippen LogP contribution in [0, 0.1) is 0 Å². The van der Waals surface area contributed by atoms with Gasteiger partial charge in [-0.1, -0.05) is 29.1 Å². The lowest BCUT2D eigenvalue weighted by Gasteiger charge is -2.07. The molecular formula is C18H16N4O3S. The van der Waals surface area contributed by atoms with Crippen LogP contribution in [-0.4, -0.2) is 27.0 Å². The molecule has 0 amide bonds. The molecule has 0 aliphatic heterocycles. The van der Waals surface area contributed by atoms with Gasteiger partial charge >= 0.3 is 0 Å². The van der Waals surface area contributed by atoms with Gasteiger partial charge in [-0.15, -0.1) is 10.2 Å². The molecule has 0 aliphatic carbocycles. The maximum Gasteiger partial charge on any atom is 0.202 e. The average molecular weight is 368 g/mol. The van der Waals surface area contributed by atoms with Crippen LogP contribution in [0.1, 0.15) is 5.69 Å². The first-order valence-electron chi connectivity index (χ1n) is 7.91. The summed E-state index contributed by atoms with van der Waals surface area (Å²) in [6.07, 6.45) is 1.60. The summed E-state index contributed by atoms with van der Waals surface area (Å²) in [4.78, 5) is 0. The van der Waals surface area contributed by atoms with E-state index in [2.05, 4.69) is 15.4 Å². The third-order valence-electron chi connectivity index (χ3n) is 3.85. The molecule has 0 N–H and O–H groups in total. The zero-order valence-corrected chi connectivity index (χ0v) is 15.1. The van der Waals surface area contributed by atoms with E-state index in [0.717, 1.165) is 28.0 Å². The Morgan fingerprint density at radius 2 is 2.00 bits per heavy atom. The van der Waals surface area contributed by atoms with E-state index in [-0.39, 0.29) is 0 Å². The molecule has 7 nitrogen and oxygen atoms in total. The molecule has 4 aromatic rings. The van der Waals surface area contributed by atoms with Gasteiger partial charge in [0.2, 0.25) is 5.76 Å². The fourth-order valence-corrected chi connectivity index (χ4v) is 3.35. The number of hydrogen-bond acceptors (Lipinski definition) is 7. The van der Waals surface area contributed by atoms with Gasteiger partial charge in [0, 0.05) is 18.9 Å².